The van der Waals surface area contributed by atoms with E-state index >= 15 is 0 Å². The van der Waals surface area contributed by atoms with E-state index in [1.165, 1.54) is 44.1 Å². The number of aryl methyl sites for hydroxylation is 2. The highest BCUT2D eigenvalue weighted by Gasteiger charge is 2.53. The number of hydrogen-bond acceptors (Lipinski definition) is 3. The van der Waals surface area contributed by atoms with Gasteiger partial charge in [0.2, 0.25) is 0 Å². The number of hydrogen-bond donors (Lipinski definition) is 1. The number of amides is 1. The number of rotatable bonds is 6. The van der Waals surface area contributed by atoms with E-state index in [0.717, 1.165) is 34.8 Å². The van der Waals surface area contributed by atoms with E-state index in [4.69, 9.17) is 4.74 Å². The molecule has 5 heteroatoms. The third-order valence-corrected chi connectivity index (χ3v) is 8.66. The first-order chi connectivity index (χ1) is 15.7. The lowest BCUT2D eigenvalue weighted by Crippen LogP contribution is -2.56. The molecule has 1 aromatic carbocycles. The molecule has 2 aromatic rings. The van der Waals surface area contributed by atoms with Gasteiger partial charge in [-0.2, -0.15) is 0 Å². The molecule has 6 rings (SSSR count). The molecule has 1 atom stereocenters. The average Bonchev–Trinajstić information content (AvgIpc) is 3.06. The van der Waals surface area contributed by atoms with Crippen molar-refractivity contribution in [2.75, 3.05) is 6.61 Å². The van der Waals surface area contributed by atoms with Crippen molar-refractivity contribution >= 4 is 11.9 Å². The predicted molar refractivity (Wildman–Crippen MR) is 128 cm³/mol. The van der Waals surface area contributed by atoms with Crippen LogP contribution in [-0.4, -0.2) is 29.1 Å². The molecular formula is C28H36N2O3. The Morgan fingerprint density at radius 2 is 1.61 bits per heavy atom. The third kappa shape index (κ3) is 4.11. The minimum atomic E-state index is -0.445. The molecule has 4 saturated carbocycles. The van der Waals surface area contributed by atoms with Crippen LogP contribution in [0.15, 0.2) is 30.3 Å². The van der Waals surface area contributed by atoms with Crippen molar-refractivity contribution in [2.45, 2.75) is 72.3 Å². The summed E-state index contributed by atoms with van der Waals surface area (Å²) in [7, 11) is 0. The Balaban J connectivity index is 1.20. The molecule has 0 unspecified atom stereocenters. The molecule has 33 heavy (non-hydrogen) atoms. The summed E-state index contributed by atoms with van der Waals surface area (Å²) >= 11 is 0. The van der Waals surface area contributed by atoms with E-state index in [1.807, 2.05) is 36.6 Å². The van der Waals surface area contributed by atoms with Crippen molar-refractivity contribution in [3.05, 3.63) is 52.8 Å². The van der Waals surface area contributed by atoms with Crippen molar-refractivity contribution in [3.63, 3.8) is 0 Å². The van der Waals surface area contributed by atoms with Crippen LogP contribution in [0.5, 0.6) is 0 Å². The molecule has 4 aliphatic carbocycles. The smallest absolute Gasteiger partial charge is 0.340 e. The number of carbonyl (C=O) groups is 2. The second kappa shape index (κ2) is 8.34. The fourth-order valence-corrected chi connectivity index (χ4v) is 7.41. The minimum Gasteiger partial charge on any atom is -0.452 e. The van der Waals surface area contributed by atoms with Crippen LogP contribution in [-0.2, 0) is 9.53 Å². The van der Waals surface area contributed by atoms with Crippen molar-refractivity contribution in [3.8, 4) is 5.69 Å². The molecule has 0 spiro atoms. The first-order valence-corrected chi connectivity index (χ1v) is 12.5. The van der Waals surface area contributed by atoms with Gasteiger partial charge in [-0.3, -0.25) is 4.79 Å². The lowest BCUT2D eigenvalue weighted by Gasteiger charge is -2.59. The lowest BCUT2D eigenvalue weighted by molar-refractivity contribution is -0.128. The van der Waals surface area contributed by atoms with Crippen molar-refractivity contribution in [1.82, 2.24) is 9.88 Å². The second-order valence-electron chi connectivity index (χ2n) is 11.1. The molecule has 1 aromatic heterocycles. The molecule has 0 saturated heterocycles. The number of esters is 1. The largest absolute Gasteiger partial charge is 0.452 e. The summed E-state index contributed by atoms with van der Waals surface area (Å²) in [6.07, 6.45) is 7.89. The molecular weight excluding hydrogens is 412 g/mol. The van der Waals surface area contributed by atoms with Gasteiger partial charge in [0.15, 0.2) is 6.61 Å². The maximum atomic E-state index is 12.8. The standard InChI is InChI=1S/C28H36N2O3/c1-17-5-7-24(8-6-17)30-18(2)9-25(19(30)3)27(32)33-16-26(31)29-20(4)28-13-21-10-22(14-28)12-23(11-21)15-28/h5-9,20-23H,10-16H2,1-4H3,(H,29,31)/t20-,21?,22?,23?,28?/m0/s1. The third-order valence-electron chi connectivity index (χ3n) is 8.66. The molecule has 4 fully saturated rings. The highest BCUT2D eigenvalue weighted by Crippen LogP contribution is 2.61. The quantitative estimate of drug-likeness (QED) is 0.612. The Hall–Kier alpha value is -2.56. The van der Waals surface area contributed by atoms with E-state index < -0.39 is 5.97 Å². The Morgan fingerprint density at radius 1 is 1.03 bits per heavy atom. The topological polar surface area (TPSA) is 60.3 Å². The fraction of sp³-hybridized carbons (Fsp3) is 0.571. The van der Waals surface area contributed by atoms with Crippen LogP contribution in [0.4, 0.5) is 0 Å². The van der Waals surface area contributed by atoms with Gasteiger partial charge in [0, 0.05) is 23.1 Å². The normalized spacial score (nSPS) is 28.5. The lowest BCUT2D eigenvalue weighted by atomic mass is 9.48. The molecule has 4 bridgehead atoms. The highest BCUT2D eigenvalue weighted by atomic mass is 16.5. The minimum absolute atomic E-state index is 0.128. The zero-order valence-electron chi connectivity index (χ0n) is 20.3. The summed E-state index contributed by atoms with van der Waals surface area (Å²) in [4.78, 5) is 25.5. The first-order valence-electron chi connectivity index (χ1n) is 12.5. The van der Waals surface area contributed by atoms with E-state index in [9.17, 15) is 9.59 Å². The van der Waals surface area contributed by atoms with Crippen LogP contribution in [0.1, 0.15) is 72.8 Å². The summed E-state index contributed by atoms with van der Waals surface area (Å²) in [5.41, 5.74) is 4.74. The van der Waals surface area contributed by atoms with Crippen molar-refractivity contribution in [2.24, 2.45) is 23.2 Å². The van der Waals surface area contributed by atoms with E-state index in [2.05, 4.69) is 31.3 Å². The van der Waals surface area contributed by atoms with Gasteiger partial charge in [0.25, 0.3) is 5.91 Å². The SMILES string of the molecule is Cc1ccc(-n2c(C)cc(C(=O)OCC(=O)N[C@@H](C)C34CC5CC(CC(C5)C3)C4)c2C)cc1. The van der Waals surface area contributed by atoms with Gasteiger partial charge in [-0.25, -0.2) is 4.79 Å². The van der Waals surface area contributed by atoms with Gasteiger partial charge in [0.1, 0.15) is 0 Å². The molecule has 5 nitrogen and oxygen atoms in total. The van der Waals surface area contributed by atoms with Crippen LogP contribution < -0.4 is 5.32 Å². The van der Waals surface area contributed by atoms with Gasteiger partial charge >= 0.3 is 5.97 Å². The molecule has 1 amide bonds. The molecule has 1 N–H and O–H groups in total. The Bertz CT molecular complexity index is 1030. The predicted octanol–water partition coefficient (Wildman–Crippen LogP) is 5.28. The summed E-state index contributed by atoms with van der Waals surface area (Å²) in [6, 6.07) is 10.2. The fourth-order valence-electron chi connectivity index (χ4n) is 7.41. The van der Waals surface area contributed by atoms with Crippen molar-refractivity contribution < 1.29 is 14.3 Å². The van der Waals surface area contributed by atoms with Crippen LogP contribution in [0.2, 0.25) is 0 Å². The number of benzene rings is 1. The Labute approximate surface area is 196 Å². The Kier molecular flexibility index (Phi) is 5.62. The molecule has 176 valence electrons. The summed E-state index contributed by atoms with van der Waals surface area (Å²) in [6.45, 7) is 7.87. The number of ether oxygens (including phenoxy) is 1. The first kappa shape index (κ1) is 22.2. The van der Waals surface area contributed by atoms with Gasteiger partial charge in [-0.05, 0) is 108 Å². The number of aromatic nitrogens is 1. The van der Waals surface area contributed by atoms with Crippen LogP contribution in [0, 0.1) is 43.9 Å². The average molecular weight is 449 g/mol. The van der Waals surface area contributed by atoms with Gasteiger partial charge in [-0.1, -0.05) is 17.7 Å². The number of nitrogens with zero attached hydrogens (tertiary/aromatic N) is 1. The molecule has 1 heterocycles. The second-order valence-corrected chi connectivity index (χ2v) is 11.1. The summed E-state index contributed by atoms with van der Waals surface area (Å²) in [5.74, 6) is 1.89. The summed E-state index contributed by atoms with van der Waals surface area (Å²) < 4.78 is 7.50. The number of nitrogens with one attached hydrogen (secondary N) is 1. The molecule has 0 aliphatic heterocycles. The highest BCUT2D eigenvalue weighted by molar-refractivity contribution is 5.93. The molecule has 0 radical (unpaired) electrons. The maximum Gasteiger partial charge on any atom is 0.340 e. The van der Waals surface area contributed by atoms with Gasteiger partial charge < -0.3 is 14.6 Å². The zero-order chi connectivity index (χ0) is 23.3. The van der Waals surface area contributed by atoms with E-state index in [-0.39, 0.29) is 24.0 Å². The number of carbonyl (C=O) groups excluding carboxylic acids is 2. The van der Waals surface area contributed by atoms with Crippen molar-refractivity contribution in [1.29, 1.82) is 0 Å². The zero-order valence-corrected chi connectivity index (χ0v) is 20.3. The maximum absolute atomic E-state index is 12.8. The Morgan fingerprint density at radius 3 is 2.18 bits per heavy atom. The van der Waals surface area contributed by atoms with Crippen LogP contribution in [0.25, 0.3) is 5.69 Å². The van der Waals surface area contributed by atoms with Crippen LogP contribution in [0.3, 0.4) is 0 Å². The van der Waals surface area contributed by atoms with E-state index in [1.54, 1.807) is 0 Å². The van der Waals surface area contributed by atoms with Crippen LogP contribution >= 0.6 is 0 Å². The summed E-state index contributed by atoms with van der Waals surface area (Å²) in [5, 5.41) is 3.18. The van der Waals surface area contributed by atoms with E-state index in [0.29, 0.717) is 5.56 Å². The van der Waals surface area contributed by atoms with Gasteiger partial charge in [-0.15, -0.1) is 0 Å². The molecule has 4 aliphatic rings. The monoisotopic (exact) mass is 448 g/mol. The van der Waals surface area contributed by atoms with Gasteiger partial charge in [0.05, 0.1) is 5.56 Å².